The van der Waals surface area contributed by atoms with Gasteiger partial charge >= 0.3 is 0 Å². The van der Waals surface area contributed by atoms with Crippen LogP contribution in [0.25, 0.3) is 11.0 Å². The van der Waals surface area contributed by atoms with Gasteiger partial charge in [0.15, 0.2) is 0 Å². The second-order valence-electron chi connectivity index (χ2n) is 4.00. The van der Waals surface area contributed by atoms with Crippen LogP contribution in [0.3, 0.4) is 0 Å². The number of nitrogens with one attached hydrogen (secondary N) is 1. The summed E-state index contributed by atoms with van der Waals surface area (Å²) in [4.78, 5) is 0. The number of rotatable bonds is 1. The van der Waals surface area contributed by atoms with Crippen LogP contribution >= 0.6 is 0 Å². The van der Waals surface area contributed by atoms with Gasteiger partial charge < -0.3 is 9.73 Å². The first-order valence-corrected chi connectivity index (χ1v) is 6.88. The predicted octanol–water partition coefficient (Wildman–Crippen LogP) is 1.83. The van der Waals surface area contributed by atoms with Crippen molar-refractivity contribution in [2.45, 2.75) is 6.04 Å². The molecule has 1 aromatic heterocycles. The van der Waals surface area contributed by atoms with Crippen LogP contribution in [-0.4, -0.2) is 22.3 Å². The first kappa shape index (κ1) is 10.1. The van der Waals surface area contributed by atoms with E-state index >= 15 is 0 Å². The minimum Gasteiger partial charge on any atom is -0.459 e. The third kappa shape index (κ3) is 1.79. The summed E-state index contributed by atoms with van der Waals surface area (Å²) in [6, 6.07) is 10.1. The molecule has 84 valence electrons. The number of fused-ring (bicyclic) bond motifs is 1. The molecule has 3 rings (SSSR count). The van der Waals surface area contributed by atoms with Crippen molar-refractivity contribution in [3.8, 4) is 0 Å². The Kier molecular flexibility index (Phi) is 2.53. The summed E-state index contributed by atoms with van der Waals surface area (Å²) in [5.74, 6) is 2.30. The van der Waals surface area contributed by atoms with Gasteiger partial charge in [-0.05, 0) is 12.1 Å². The van der Waals surface area contributed by atoms with E-state index in [1.807, 2.05) is 30.3 Å². The first-order chi connectivity index (χ1) is 7.83. The highest BCUT2D eigenvalue weighted by atomic mass is 32.2. The molecule has 1 aromatic carbocycles. The minimum atomic E-state index is -0.715. The summed E-state index contributed by atoms with van der Waals surface area (Å²) >= 11 is 0. The van der Waals surface area contributed by atoms with Crippen LogP contribution in [0.15, 0.2) is 34.7 Å². The smallest absolute Gasteiger partial charge is 0.134 e. The SMILES string of the molecule is O=S1CCNC(c2cc3ccccc3o2)C1. The normalized spacial score (nSPS) is 26.0. The molecule has 1 aliphatic rings. The van der Waals surface area contributed by atoms with Gasteiger partial charge in [0.05, 0.1) is 6.04 Å². The summed E-state index contributed by atoms with van der Waals surface area (Å²) in [7, 11) is -0.715. The van der Waals surface area contributed by atoms with E-state index in [0.717, 1.165) is 29.0 Å². The van der Waals surface area contributed by atoms with Gasteiger partial charge in [0, 0.05) is 34.2 Å². The third-order valence-corrected chi connectivity index (χ3v) is 4.23. The predicted molar refractivity (Wildman–Crippen MR) is 64.8 cm³/mol. The molecule has 1 saturated heterocycles. The van der Waals surface area contributed by atoms with Crippen molar-refractivity contribution in [2.24, 2.45) is 0 Å². The Balaban J connectivity index is 1.96. The topological polar surface area (TPSA) is 42.2 Å². The second-order valence-corrected chi connectivity index (χ2v) is 5.63. The van der Waals surface area contributed by atoms with Gasteiger partial charge in [0.1, 0.15) is 11.3 Å². The molecule has 2 atom stereocenters. The fourth-order valence-electron chi connectivity index (χ4n) is 2.03. The van der Waals surface area contributed by atoms with E-state index in [1.165, 1.54) is 0 Å². The fourth-order valence-corrected chi connectivity index (χ4v) is 3.20. The van der Waals surface area contributed by atoms with Crippen molar-refractivity contribution < 1.29 is 8.63 Å². The van der Waals surface area contributed by atoms with Gasteiger partial charge in [0.25, 0.3) is 0 Å². The molecular weight excluding hydrogens is 222 g/mol. The second kappa shape index (κ2) is 4.03. The molecule has 1 aliphatic heterocycles. The summed E-state index contributed by atoms with van der Waals surface area (Å²) < 4.78 is 17.3. The lowest BCUT2D eigenvalue weighted by atomic mass is 10.2. The molecule has 3 nitrogen and oxygen atoms in total. The maximum atomic E-state index is 11.5. The van der Waals surface area contributed by atoms with E-state index in [0.29, 0.717) is 5.75 Å². The fraction of sp³-hybridized carbons (Fsp3) is 0.333. The van der Waals surface area contributed by atoms with Crippen molar-refractivity contribution in [3.63, 3.8) is 0 Å². The van der Waals surface area contributed by atoms with Gasteiger partial charge in [-0.25, -0.2) is 0 Å². The van der Waals surface area contributed by atoms with Gasteiger partial charge in [0.2, 0.25) is 0 Å². The Morgan fingerprint density at radius 3 is 3.06 bits per heavy atom. The molecule has 2 heterocycles. The van der Waals surface area contributed by atoms with Crippen LogP contribution in [0.2, 0.25) is 0 Å². The van der Waals surface area contributed by atoms with Crippen LogP contribution < -0.4 is 5.32 Å². The minimum absolute atomic E-state index is 0.0991. The molecule has 2 aromatic rings. The molecule has 16 heavy (non-hydrogen) atoms. The average molecular weight is 235 g/mol. The van der Waals surface area contributed by atoms with Crippen molar-refractivity contribution in [3.05, 3.63) is 36.1 Å². The number of para-hydroxylation sites is 1. The molecule has 0 spiro atoms. The number of furan rings is 1. The largest absolute Gasteiger partial charge is 0.459 e. The summed E-state index contributed by atoms with van der Waals surface area (Å²) in [5.41, 5.74) is 0.899. The van der Waals surface area contributed by atoms with E-state index in [9.17, 15) is 4.21 Å². The maximum Gasteiger partial charge on any atom is 0.134 e. The average Bonchev–Trinajstić information content (AvgIpc) is 2.72. The number of benzene rings is 1. The zero-order valence-corrected chi connectivity index (χ0v) is 9.63. The Labute approximate surface area is 96.3 Å². The molecule has 0 bridgehead atoms. The summed E-state index contributed by atoms with van der Waals surface area (Å²) in [6.45, 7) is 0.800. The Morgan fingerprint density at radius 1 is 1.38 bits per heavy atom. The zero-order valence-electron chi connectivity index (χ0n) is 8.81. The lowest BCUT2D eigenvalue weighted by Gasteiger charge is -2.20. The van der Waals surface area contributed by atoms with Crippen LogP contribution in [0.1, 0.15) is 11.8 Å². The standard InChI is InChI=1S/C12H13NO2S/c14-16-6-5-13-10(8-16)12-7-9-3-1-2-4-11(9)15-12/h1-4,7,10,13H,5-6,8H2. The van der Waals surface area contributed by atoms with E-state index in [1.54, 1.807) is 0 Å². The highest BCUT2D eigenvalue weighted by molar-refractivity contribution is 7.85. The molecule has 4 heteroatoms. The van der Waals surface area contributed by atoms with E-state index < -0.39 is 10.8 Å². The van der Waals surface area contributed by atoms with Gasteiger partial charge in [-0.3, -0.25) is 4.21 Å². The highest BCUT2D eigenvalue weighted by Crippen LogP contribution is 2.25. The van der Waals surface area contributed by atoms with Gasteiger partial charge in [-0.15, -0.1) is 0 Å². The van der Waals surface area contributed by atoms with Crippen LogP contribution in [0.4, 0.5) is 0 Å². The lowest BCUT2D eigenvalue weighted by Crippen LogP contribution is -2.35. The highest BCUT2D eigenvalue weighted by Gasteiger charge is 2.22. The molecular formula is C12H13NO2S. The maximum absolute atomic E-state index is 11.5. The molecule has 0 amide bonds. The molecule has 1 fully saturated rings. The molecule has 0 radical (unpaired) electrons. The van der Waals surface area contributed by atoms with Gasteiger partial charge in [-0.1, -0.05) is 18.2 Å². The van der Waals surface area contributed by atoms with Crippen molar-refractivity contribution in [2.75, 3.05) is 18.1 Å². The summed E-state index contributed by atoms with van der Waals surface area (Å²) in [5, 5.41) is 4.45. The molecule has 1 N–H and O–H groups in total. The van der Waals surface area contributed by atoms with Crippen molar-refractivity contribution in [1.82, 2.24) is 5.32 Å². The molecule has 0 saturated carbocycles. The third-order valence-electron chi connectivity index (χ3n) is 2.86. The van der Waals surface area contributed by atoms with E-state index in [4.69, 9.17) is 4.42 Å². The quantitative estimate of drug-likeness (QED) is 0.820. The van der Waals surface area contributed by atoms with Crippen LogP contribution in [-0.2, 0) is 10.8 Å². The Hall–Kier alpha value is -1.13. The van der Waals surface area contributed by atoms with Crippen molar-refractivity contribution in [1.29, 1.82) is 0 Å². The van der Waals surface area contributed by atoms with E-state index in [2.05, 4.69) is 5.32 Å². The van der Waals surface area contributed by atoms with Crippen molar-refractivity contribution >= 4 is 21.8 Å². The van der Waals surface area contributed by atoms with Crippen LogP contribution in [0, 0.1) is 0 Å². The van der Waals surface area contributed by atoms with Gasteiger partial charge in [-0.2, -0.15) is 0 Å². The van der Waals surface area contributed by atoms with E-state index in [-0.39, 0.29) is 6.04 Å². The number of hydrogen-bond donors (Lipinski definition) is 1. The van der Waals surface area contributed by atoms with Crippen LogP contribution in [0.5, 0.6) is 0 Å². The summed E-state index contributed by atoms with van der Waals surface area (Å²) in [6.07, 6.45) is 0. The zero-order chi connectivity index (χ0) is 11.0. The first-order valence-electron chi connectivity index (χ1n) is 5.40. The molecule has 2 unspecified atom stereocenters. The Bertz CT molecular complexity index is 502. The number of hydrogen-bond acceptors (Lipinski definition) is 3. The molecule has 0 aliphatic carbocycles. The monoisotopic (exact) mass is 235 g/mol. The Morgan fingerprint density at radius 2 is 2.25 bits per heavy atom. The lowest BCUT2D eigenvalue weighted by molar-refractivity contribution is 0.454.